The normalized spacial score (nSPS) is 18.9. The van der Waals surface area contributed by atoms with Crippen LogP contribution in [0.4, 0.5) is 5.69 Å². The lowest BCUT2D eigenvalue weighted by atomic mass is 10.1. The molecule has 0 aromatic carbocycles. The number of rotatable bonds is 2. The molecule has 1 aliphatic rings. The third-order valence-corrected chi connectivity index (χ3v) is 3.16. The minimum absolute atomic E-state index is 0.272. The van der Waals surface area contributed by atoms with Crippen LogP contribution in [0.3, 0.4) is 0 Å². The van der Waals surface area contributed by atoms with Crippen molar-refractivity contribution in [1.29, 1.82) is 0 Å². The highest BCUT2D eigenvalue weighted by Crippen LogP contribution is 2.26. The van der Waals surface area contributed by atoms with Crippen molar-refractivity contribution in [3.05, 3.63) is 5.69 Å². The van der Waals surface area contributed by atoms with Crippen LogP contribution in [0.1, 0.15) is 18.5 Å². The average Bonchev–Trinajstić information content (AvgIpc) is 2.48. The zero-order valence-corrected chi connectivity index (χ0v) is 10.2. The van der Waals surface area contributed by atoms with Gasteiger partial charge in [0, 0.05) is 20.1 Å². The van der Waals surface area contributed by atoms with Gasteiger partial charge in [-0.25, -0.2) is 4.68 Å². The zero-order chi connectivity index (χ0) is 11.7. The summed E-state index contributed by atoms with van der Waals surface area (Å²) in [7, 11) is 4.01. The smallest absolute Gasteiger partial charge is 0.236 e. The number of nitrogen functional groups attached to an aromatic ring is 1. The molecule has 0 bridgehead atoms. The molecule has 0 radical (unpaired) electrons. The molecule has 2 heterocycles. The lowest BCUT2D eigenvalue weighted by Crippen LogP contribution is -2.36. The Balaban J connectivity index is 2.03. The molecular formula is C11H20N4O. The minimum Gasteiger partial charge on any atom is -0.473 e. The molecule has 0 unspecified atom stereocenters. The van der Waals surface area contributed by atoms with Crippen LogP contribution < -0.4 is 10.5 Å². The number of anilines is 1. The second-order valence-corrected chi connectivity index (χ2v) is 4.55. The molecule has 0 spiro atoms. The number of likely N-dealkylation sites (tertiary alicyclic amines) is 1. The standard InChI is InChI=1S/C11H20N4O/c1-8-10(12)11(15(3)13-8)16-9-4-6-14(2)7-5-9/h9H,4-7,12H2,1-3H3. The molecule has 1 aromatic heterocycles. The number of hydrogen-bond acceptors (Lipinski definition) is 4. The summed E-state index contributed by atoms with van der Waals surface area (Å²) in [5, 5.41) is 4.25. The fourth-order valence-electron chi connectivity index (χ4n) is 2.05. The molecule has 1 saturated heterocycles. The predicted octanol–water partition coefficient (Wildman–Crippen LogP) is 0.784. The van der Waals surface area contributed by atoms with Crippen LogP contribution in [-0.4, -0.2) is 40.9 Å². The van der Waals surface area contributed by atoms with Gasteiger partial charge in [0.2, 0.25) is 5.88 Å². The third kappa shape index (κ3) is 2.14. The number of aryl methyl sites for hydroxylation is 2. The first-order chi connectivity index (χ1) is 7.58. The lowest BCUT2D eigenvalue weighted by molar-refractivity contribution is 0.106. The number of hydrogen-bond donors (Lipinski definition) is 1. The monoisotopic (exact) mass is 224 g/mol. The summed E-state index contributed by atoms with van der Waals surface area (Å²) in [6.07, 6.45) is 2.38. The van der Waals surface area contributed by atoms with E-state index in [1.807, 2.05) is 14.0 Å². The van der Waals surface area contributed by atoms with E-state index >= 15 is 0 Å². The molecule has 1 aromatic rings. The topological polar surface area (TPSA) is 56.3 Å². The molecule has 90 valence electrons. The fourth-order valence-corrected chi connectivity index (χ4v) is 2.05. The summed E-state index contributed by atoms with van der Waals surface area (Å²) in [5.74, 6) is 0.715. The van der Waals surface area contributed by atoms with Gasteiger partial charge in [0.05, 0.1) is 5.69 Å². The summed E-state index contributed by atoms with van der Waals surface area (Å²) in [6, 6.07) is 0. The maximum Gasteiger partial charge on any atom is 0.236 e. The van der Waals surface area contributed by atoms with Crippen molar-refractivity contribution in [1.82, 2.24) is 14.7 Å². The van der Waals surface area contributed by atoms with Crippen LogP contribution >= 0.6 is 0 Å². The second-order valence-electron chi connectivity index (χ2n) is 4.55. The molecule has 0 saturated carbocycles. The Morgan fingerprint density at radius 3 is 2.44 bits per heavy atom. The Bertz CT molecular complexity index is 366. The maximum atomic E-state index is 5.93. The van der Waals surface area contributed by atoms with Gasteiger partial charge < -0.3 is 15.4 Å². The van der Waals surface area contributed by atoms with E-state index in [4.69, 9.17) is 10.5 Å². The van der Waals surface area contributed by atoms with Crippen LogP contribution in [0.15, 0.2) is 0 Å². The summed E-state index contributed by atoms with van der Waals surface area (Å²) in [5.41, 5.74) is 7.44. The molecule has 0 aliphatic carbocycles. The van der Waals surface area contributed by atoms with Crippen molar-refractivity contribution in [3.8, 4) is 5.88 Å². The van der Waals surface area contributed by atoms with E-state index in [2.05, 4.69) is 17.0 Å². The number of aromatic nitrogens is 2. The molecule has 2 N–H and O–H groups in total. The second kappa shape index (κ2) is 4.33. The van der Waals surface area contributed by atoms with Gasteiger partial charge in [-0.1, -0.05) is 0 Å². The Kier molecular flexibility index (Phi) is 3.05. The molecule has 1 fully saturated rings. The minimum atomic E-state index is 0.272. The molecule has 1 aliphatic heterocycles. The van der Waals surface area contributed by atoms with E-state index < -0.39 is 0 Å². The highest BCUT2D eigenvalue weighted by atomic mass is 16.5. The van der Waals surface area contributed by atoms with E-state index in [1.54, 1.807) is 4.68 Å². The quantitative estimate of drug-likeness (QED) is 0.806. The van der Waals surface area contributed by atoms with Crippen LogP contribution in [0.2, 0.25) is 0 Å². The maximum absolute atomic E-state index is 5.93. The molecule has 5 heteroatoms. The number of nitrogens with two attached hydrogens (primary N) is 1. The molecule has 5 nitrogen and oxygen atoms in total. The summed E-state index contributed by atoms with van der Waals surface area (Å²) < 4.78 is 7.66. The Labute approximate surface area is 96.2 Å². The predicted molar refractivity (Wildman–Crippen MR) is 63.5 cm³/mol. The van der Waals surface area contributed by atoms with E-state index in [1.165, 1.54) is 0 Å². The summed E-state index contributed by atoms with van der Waals surface area (Å²) in [6.45, 7) is 4.07. The molecule has 0 atom stereocenters. The summed E-state index contributed by atoms with van der Waals surface area (Å²) in [4.78, 5) is 2.32. The van der Waals surface area contributed by atoms with Gasteiger partial charge >= 0.3 is 0 Å². The first-order valence-electron chi connectivity index (χ1n) is 5.72. The van der Waals surface area contributed by atoms with Gasteiger partial charge in [0.1, 0.15) is 11.8 Å². The van der Waals surface area contributed by atoms with Crippen molar-refractivity contribution < 1.29 is 4.74 Å². The third-order valence-electron chi connectivity index (χ3n) is 3.16. The van der Waals surface area contributed by atoms with Crippen molar-refractivity contribution in [2.45, 2.75) is 25.9 Å². The zero-order valence-electron chi connectivity index (χ0n) is 10.2. The van der Waals surface area contributed by atoms with E-state index in [0.29, 0.717) is 11.6 Å². The van der Waals surface area contributed by atoms with Crippen LogP contribution in [0.25, 0.3) is 0 Å². The van der Waals surface area contributed by atoms with Crippen LogP contribution in [-0.2, 0) is 7.05 Å². The Morgan fingerprint density at radius 1 is 1.31 bits per heavy atom. The van der Waals surface area contributed by atoms with Crippen LogP contribution in [0.5, 0.6) is 5.88 Å². The van der Waals surface area contributed by atoms with E-state index in [-0.39, 0.29) is 6.10 Å². The number of piperidine rings is 1. The van der Waals surface area contributed by atoms with Crippen molar-refractivity contribution >= 4 is 5.69 Å². The number of nitrogens with zero attached hydrogens (tertiary/aromatic N) is 3. The van der Waals surface area contributed by atoms with Gasteiger partial charge in [-0.15, -0.1) is 0 Å². The van der Waals surface area contributed by atoms with E-state index in [9.17, 15) is 0 Å². The van der Waals surface area contributed by atoms with Crippen molar-refractivity contribution in [2.24, 2.45) is 7.05 Å². The van der Waals surface area contributed by atoms with Crippen molar-refractivity contribution in [2.75, 3.05) is 25.9 Å². The number of ether oxygens (including phenoxy) is 1. The van der Waals surface area contributed by atoms with Crippen molar-refractivity contribution in [3.63, 3.8) is 0 Å². The largest absolute Gasteiger partial charge is 0.473 e. The fraction of sp³-hybridized carbons (Fsp3) is 0.727. The molecule has 0 amide bonds. The van der Waals surface area contributed by atoms with E-state index in [0.717, 1.165) is 31.6 Å². The Morgan fingerprint density at radius 2 is 1.94 bits per heavy atom. The first kappa shape index (κ1) is 11.3. The SMILES string of the molecule is Cc1nn(C)c(OC2CCN(C)CC2)c1N. The van der Waals surface area contributed by atoms with Gasteiger partial charge in [0.25, 0.3) is 0 Å². The summed E-state index contributed by atoms with van der Waals surface area (Å²) >= 11 is 0. The van der Waals surface area contributed by atoms with Crippen LogP contribution in [0, 0.1) is 6.92 Å². The highest BCUT2D eigenvalue weighted by molar-refractivity contribution is 5.52. The van der Waals surface area contributed by atoms with Gasteiger partial charge in [-0.3, -0.25) is 0 Å². The Hall–Kier alpha value is -1.23. The van der Waals surface area contributed by atoms with Gasteiger partial charge in [-0.2, -0.15) is 5.10 Å². The molecule has 16 heavy (non-hydrogen) atoms. The first-order valence-corrected chi connectivity index (χ1v) is 5.72. The lowest BCUT2D eigenvalue weighted by Gasteiger charge is -2.29. The average molecular weight is 224 g/mol. The van der Waals surface area contributed by atoms with Gasteiger partial charge in [-0.05, 0) is 26.8 Å². The molecule has 2 rings (SSSR count). The molecular weight excluding hydrogens is 204 g/mol. The highest BCUT2D eigenvalue weighted by Gasteiger charge is 2.21. The van der Waals surface area contributed by atoms with Gasteiger partial charge in [0.15, 0.2) is 0 Å².